The molecule has 0 amide bonds. The van der Waals surface area contributed by atoms with Crippen molar-refractivity contribution in [3.63, 3.8) is 0 Å². The molecule has 0 unspecified atom stereocenters. The Morgan fingerprint density at radius 3 is 2.67 bits per heavy atom. The van der Waals surface area contributed by atoms with Gasteiger partial charge in [0.25, 0.3) is 0 Å². The summed E-state index contributed by atoms with van der Waals surface area (Å²) in [6.07, 6.45) is 0. The molecule has 0 atom stereocenters. The van der Waals surface area contributed by atoms with Crippen molar-refractivity contribution in [2.45, 2.75) is 25.9 Å². The number of nitrogens with one attached hydrogen (secondary N) is 1. The van der Waals surface area contributed by atoms with Crippen LogP contribution in [0.5, 0.6) is 0 Å². The van der Waals surface area contributed by atoms with E-state index in [1.807, 2.05) is 0 Å². The fraction of sp³-hybridized carbons (Fsp3) is 0.500. The molecule has 1 aromatic heterocycles. The van der Waals surface area contributed by atoms with Crippen molar-refractivity contribution in [1.29, 1.82) is 0 Å². The average Bonchev–Trinajstić information content (AvgIpc) is 3.05. The summed E-state index contributed by atoms with van der Waals surface area (Å²) in [4.78, 5) is 7.11. The third-order valence-electron chi connectivity index (χ3n) is 4.37. The minimum Gasteiger partial charge on any atom is -0.379 e. The molecule has 4 nitrogen and oxygen atoms in total. The zero-order valence-corrected chi connectivity index (χ0v) is 15.0. The molecular weight excluding hydrogens is 325 g/mol. The van der Waals surface area contributed by atoms with Crippen LogP contribution < -0.4 is 5.32 Å². The van der Waals surface area contributed by atoms with Gasteiger partial charge in [-0.05, 0) is 38.1 Å². The van der Waals surface area contributed by atoms with Crippen molar-refractivity contribution in [2.75, 3.05) is 32.8 Å². The van der Waals surface area contributed by atoms with Gasteiger partial charge in [0.05, 0.1) is 18.9 Å². The molecule has 6 heteroatoms. The van der Waals surface area contributed by atoms with Gasteiger partial charge in [-0.25, -0.2) is 9.37 Å². The number of hydrogen-bond acceptors (Lipinski definition) is 5. The number of ether oxygens (including phenoxy) is 1. The van der Waals surface area contributed by atoms with Crippen molar-refractivity contribution >= 4 is 11.3 Å². The summed E-state index contributed by atoms with van der Waals surface area (Å²) in [5.41, 5.74) is 2.08. The first-order chi connectivity index (χ1) is 11.5. The lowest BCUT2D eigenvalue weighted by Gasteiger charge is -2.41. The van der Waals surface area contributed by atoms with Crippen molar-refractivity contribution < 1.29 is 9.13 Å². The highest BCUT2D eigenvalue weighted by Crippen LogP contribution is 2.24. The first-order valence-electron chi connectivity index (χ1n) is 8.28. The van der Waals surface area contributed by atoms with Gasteiger partial charge in [0.2, 0.25) is 0 Å². The summed E-state index contributed by atoms with van der Waals surface area (Å²) in [6, 6.07) is 6.48. The Balaban J connectivity index is 1.52. The van der Waals surface area contributed by atoms with Crippen LogP contribution >= 0.6 is 11.3 Å². The van der Waals surface area contributed by atoms with Crippen molar-refractivity contribution in [2.24, 2.45) is 0 Å². The number of morpholine rings is 1. The highest BCUT2D eigenvalue weighted by atomic mass is 32.1. The fourth-order valence-corrected chi connectivity index (χ4v) is 3.72. The number of thiazole rings is 1. The van der Waals surface area contributed by atoms with E-state index in [1.54, 1.807) is 23.5 Å². The predicted octanol–water partition coefficient (Wildman–Crippen LogP) is 3.15. The predicted molar refractivity (Wildman–Crippen MR) is 95.7 cm³/mol. The molecule has 0 spiro atoms. The van der Waals surface area contributed by atoms with E-state index in [0.717, 1.165) is 55.7 Å². The zero-order chi connectivity index (χ0) is 17.0. The molecule has 0 radical (unpaired) electrons. The minimum absolute atomic E-state index is 0.0968. The van der Waals surface area contributed by atoms with Gasteiger partial charge >= 0.3 is 0 Å². The molecule has 1 N–H and O–H groups in total. The normalized spacial score (nSPS) is 16.5. The molecule has 1 saturated heterocycles. The third kappa shape index (κ3) is 4.39. The van der Waals surface area contributed by atoms with Gasteiger partial charge in [0, 0.05) is 42.7 Å². The summed E-state index contributed by atoms with van der Waals surface area (Å²) < 4.78 is 18.4. The van der Waals surface area contributed by atoms with Crippen LogP contribution in [0.3, 0.4) is 0 Å². The molecule has 0 saturated carbocycles. The Labute approximate surface area is 146 Å². The van der Waals surface area contributed by atoms with Gasteiger partial charge in [0.15, 0.2) is 0 Å². The van der Waals surface area contributed by atoms with Crippen LogP contribution in [0.25, 0.3) is 10.6 Å². The van der Waals surface area contributed by atoms with E-state index >= 15 is 0 Å². The molecule has 130 valence electrons. The lowest BCUT2D eigenvalue weighted by Crippen LogP contribution is -2.54. The van der Waals surface area contributed by atoms with Crippen LogP contribution in [0.2, 0.25) is 0 Å². The van der Waals surface area contributed by atoms with E-state index in [0.29, 0.717) is 0 Å². The number of benzene rings is 1. The Morgan fingerprint density at radius 1 is 1.25 bits per heavy atom. The fourth-order valence-electron chi connectivity index (χ4n) is 2.89. The summed E-state index contributed by atoms with van der Waals surface area (Å²) in [5, 5.41) is 6.51. The Hall–Kier alpha value is -1.34. The Kier molecular flexibility index (Phi) is 5.61. The van der Waals surface area contributed by atoms with Gasteiger partial charge in [0.1, 0.15) is 10.8 Å². The summed E-state index contributed by atoms with van der Waals surface area (Å²) in [6.45, 7) is 9.77. The monoisotopic (exact) mass is 349 g/mol. The van der Waals surface area contributed by atoms with Gasteiger partial charge < -0.3 is 10.1 Å². The second-order valence-corrected chi connectivity index (χ2v) is 7.52. The van der Waals surface area contributed by atoms with Gasteiger partial charge in [-0.3, -0.25) is 4.90 Å². The van der Waals surface area contributed by atoms with Crippen molar-refractivity contribution in [1.82, 2.24) is 15.2 Å². The molecule has 2 heterocycles. The van der Waals surface area contributed by atoms with Gasteiger partial charge in [-0.1, -0.05) is 0 Å². The summed E-state index contributed by atoms with van der Waals surface area (Å²) in [7, 11) is 0. The second kappa shape index (κ2) is 7.70. The van der Waals surface area contributed by atoms with Crippen LogP contribution in [-0.4, -0.2) is 48.3 Å². The molecule has 1 fully saturated rings. The third-order valence-corrected chi connectivity index (χ3v) is 5.31. The molecule has 1 aliphatic rings. The molecule has 3 rings (SSSR count). The Morgan fingerprint density at radius 2 is 1.96 bits per heavy atom. The van der Waals surface area contributed by atoms with Crippen LogP contribution in [0.1, 0.15) is 19.5 Å². The van der Waals surface area contributed by atoms with Crippen LogP contribution in [0, 0.1) is 5.82 Å². The largest absolute Gasteiger partial charge is 0.379 e. The quantitative estimate of drug-likeness (QED) is 0.869. The lowest BCUT2D eigenvalue weighted by atomic mass is 10.0. The van der Waals surface area contributed by atoms with E-state index in [9.17, 15) is 4.39 Å². The first kappa shape index (κ1) is 17.5. The van der Waals surface area contributed by atoms with Crippen LogP contribution in [-0.2, 0) is 11.3 Å². The number of nitrogens with zero attached hydrogens (tertiary/aromatic N) is 2. The molecule has 24 heavy (non-hydrogen) atoms. The molecule has 1 aliphatic heterocycles. The molecule has 2 aromatic rings. The molecule has 0 aliphatic carbocycles. The number of hydrogen-bond donors (Lipinski definition) is 1. The van der Waals surface area contributed by atoms with Crippen LogP contribution in [0.15, 0.2) is 29.6 Å². The summed E-state index contributed by atoms with van der Waals surface area (Å²) >= 11 is 1.59. The second-order valence-electron chi connectivity index (χ2n) is 6.67. The maximum absolute atomic E-state index is 13.0. The number of rotatable bonds is 6. The Bertz CT molecular complexity index is 651. The number of aromatic nitrogens is 1. The van der Waals surface area contributed by atoms with E-state index in [2.05, 4.69) is 34.4 Å². The van der Waals surface area contributed by atoms with E-state index < -0.39 is 0 Å². The topological polar surface area (TPSA) is 37.4 Å². The standard InChI is InChI=1S/C18H24FN3OS/c1-18(2,22-7-9-23-10-8-22)13-20-11-16-12-24-17(21-16)14-3-5-15(19)6-4-14/h3-6,12,20H,7-11,13H2,1-2H3. The van der Waals surface area contributed by atoms with E-state index in [-0.39, 0.29) is 11.4 Å². The highest BCUT2D eigenvalue weighted by Gasteiger charge is 2.27. The molecule has 0 bridgehead atoms. The highest BCUT2D eigenvalue weighted by molar-refractivity contribution is 7.13. The number of halogens is 1. The molecular formula is C18H24FN3OS. The minimum atomic E-state index is -0.220. The SMILES string of the molecule is CC(C)(CNCc1csc(-c2ccc(F)cc2)n1)N1CCOCC1. The van der Waals surface area contributed by atoms with Crippen molar-refractivity contribution in [3.8, 4) is 10.6 Å². The first-order valence-corrected chi connectivity index (χ1v) is 9.16. The smallest absolute Gasteiger partial charge is 0.123 e. The van der Waals surface area contributed by atoms with Crippen molar-refractivity contribution in [3.05, 3.63) is 41.2 Å². The molecule has 1 aromatic carbocycles. The maximum atomic E-state index is 13.0. The van der Waals surface area contributed by atoms with Gasteiger partial charge in [-0.15, -0.1) is 11.3 Å². The maximum Gasteiger partial charge on any atom is 0.123 e. The average molecular weight is 349 g/mol. The van der Waals surface area contributed by atoms with E-state index in [1.165, 1.54) is 12.1 Å². The van der Waals surface area contributed by atoms with Crippen LogP contribution in [0.4, 0.5) is 4.39 Å². The summed E-state index contributed by atoms with van der Waals surface area (Å²) in [5.74, 6) is -0.220. The lowest BCUT2D eigenvalue weighted by molar-refractivity contribution is -0.00968. The van der Waals surface area contributed by atoms with Gasteiger partial charge in [-0.2, -0.15) is 0 Å². The zero-order valence-electron chi connectivity index (χ0n) is 14.2. The van der Waals surface area contributed by atoms with E-state index in [4.69, 9.17) is 4.74 Å².